The number of carbonyl (C=O) groups is 1. The lowest BCUT2D eigenvalue weighted by molar-refractivity contribution is -0.144. The quantitative estimate of drug-likeness (QED) is 0.693. The number of pyridine rings is 1. The first-order valence-corrected chi connectivity index (χ1v) is 10.8. The molecule has 1 saturated heterocycles. The van der Waals surface area contributed by atoms with Crippen molar-refractivity contribution in [3.8, 4) is 11.1 Å². The molecule has 0 aliphatic carbocycles. The Labute approximate surface area is 173 Å². The molecule has 1 aromatic carbocycles. The van der Waals surface area contributed by atoms with E-state index in [-0.39, 0.29) is 5.92 Å². The molecule has 0 bridgehead atoms. The van der Waals surface area contributed by atoms with Gasteiger partial charge in [-0.2, -0.15) is 0 Å². The van der Waals surface area contributed by atoms with E-state index in [0.29, 0.717) is 26.2 Å². The summed E-state index contributed by atoms with van der Waals surface area (Å²) in [4.78, 5) is 19.8. The maximum atomic E-state index is 11.8. The third-order valence-corrected chi connectivity index (χ3v) is 6.39. The summed E-state index contributed by atoms with van der Waals surface area (Å²) in [7, 11) is 0. The lowest BCUT2D eigenvalue weighted by Crippen LogP contribution is -2.55. The summed E-state index contributed by atoms with van der Waals surface area (Å²) in [5.74, 6) is -2.28. The van der Waals surface area contributed by atoms with Gasteiger partial charge in [0.2, 0.25) is 0 Å². The summed E-state index contributed by atoms with van der Waals surface area (Å²) in [6.07, 6.45) is 3.57. The van der Waals surface area contributed by atoms with Gasteiger partial charge in [-0.15, -0.1) is 0 Å². The molecule has 1 fully saturated rings. The SMILES string of the molecule is CC(C)C(C(=O)O)C(N1CCN(c2ccc(-c3cccnc3)cc2)CC1)S(=O)[O-]. The van der Waals surface area contributed by atoms with Crippen LogP contribution in [-0.4, -0.2) is 61.3 Å². The van der Waals surface area contributed by atoms with Crippen molar-refractivity contribution in [2.24, 2.45) is 11.8 Å². The highest BCUT2D eigenvalue weighted by molar-refractivity contribution is 7.79. The Morgan fingerprint density at radius 3 is 2.24 bits per heavy atom. The number of nitrogens with zero attached hydrogens (tertiary/aromatic N) is 3. The maximum Gasteiger partial charge on any atom is 0.309 e. The van der Waals surface area contributed by atoms with Crippen LogP contribution in [0.1, 0.15) is 13.8 Å². The average molecular weight is 417 g/mol. The second-order valence-corrected chi connectivity index (χ2v) is 8.57. The van der Waals surface area contributed by atoms with Gasteiger partial charge in [-0.25, -0.2) is 0 Å². The van der Waals surface area contributed by atoms with Crippen LogP contribution in [-0.2, 0) is 15.9 Å². The predicted molar refractivity (Wildman–Crippen MR) is 112 cm³/mol. The van der Waals surface area contributed by atoms with Crippen LogP contribution in [0, 0.1) is 11.8 Å². The molecule has 1 aromatic heterocycles. The van der Waals surface area contributed by atoms with Crippen molar-refractivity contribution in [2.45, 2.75) is 19.2 Å². The molecule has 156 valence electrons. The summed E-state index contributed by atoms with van der Waals surface area (Å²) in [6, 6.07) is 12.1. The number of benzene rings is 1. The van der Waals surface area contributed by atoms with E-state index in [4.69, 9.17) is 0 Å². The van der Waals surface area contributed by atoms with E-state index in [9.17, 15) is 18.7 Å². The van der Waals surface area contributed by atoms with Gasteiger partial charge in [0.1, 0.15) is 0 Å². The van der Waals surface area contributed by atoms with Crippen LogP contribution in [0.3, 0.4) is 0 Å². The number of rotatable bonds is 7. The van der Waals surface area contributed by atoms with Gasteiger partial charge in [-0.05, 0) is 46.3 Å². The number of hydrogen-bond acceptors (Lipinski definition) is 6. The van der Waals surface area contributed by atoms with Crippen molar-refractivity contribution < 1.29 is 18.7 Å². The minimum Gasteiger partial charge on any atom is -0.771 e. The molecular formula is C21H26N3O4S-. The molecule has 1 aliphatic rings. The van der Waals surface area contributed by atoms with E-state index < -0.39 is 28.3 Å². The molecule has 8 heteroatoms. The van der Waals surface area contributed by atoms with Crippen LogP contribution in [0.15, 0.2) is 48.8 Å². The Morgan fingerprint density at radius 1 is 1.10 bits per heavy atom. The van der Waals surface area contributed by atoms with Gasteiger partial charge in [0.15, 0.2) is 0 Å². The van der Waals surface area contributed by atoms with Crippen molar-refractivity contribution >= 4 is 22.7 Å². The predicted octanol–water partition coefficient (Wildman–Crippen LogP) is 2.43. The first kappa shape index (κ1) is 21.4. The Hall–Kier alpha value is -2.29. The molecule has 1 aliphatic heterocycles. The minimum atomic E-state index is -2.48. The minimum absolute atomic E-state index is 0.270. The van der Waals surface area contributed by atoms with Gasteiger partial charge in [0, 0.05) is 44.3 Å². The molecule has 0 saturated carbocycles. The van der Waals surface area contributed by atoms with Crippen LogP contribution < -0.4 is 4.90 Å². The monoisotopic (exact) mass is 416 g/mol. The molecule has 3 rings (SSSR count). The van der Waals surface area contributed by atoms with Crippen LogP contribution in [0.2, 0.25) is 0 Å². The number of hydrogen-bond donors (Lipinski definition) is 1. The molecule has 0 amide bonds. The standard InChI is InChI=1S/C21H27N3O4S/c1-15(2)19(21(25)26)20(29(27)28)24-12-10-23(11-13-24)18-7-5-16(6-8-18)17-4-3-9-22-14-17/h3-9,14-15,19-20H,10-13H2,1-2H3,(H,25,26)(H,27,28)/p-1. The number of carboxylic acids is 1. The Bertz CT molecular complexity index is 837. The number of aliphatic carboxylic acids is 1. The highest BCUT2D eigenvalue weighted by Gasteiger charge is 2.37. The van der Waals surface area contributed by atoms with Crippen molar-refractivity contribution in [3.63, 3.8) is 0 Å². The Kier molecular flexibility index (Phi) is 7.00. The number of carboxylic acid groups (broad SMARTS) is 1. The molecule has 0 spiro atoms. The van der Waals surface area contributed by atoms with E-state index in [2.05, 4.69) is 22.0 Å². The highest BCUT2D eigenvalue weighted by atomic mass is 32.2. The topological polar surface area (TPSA) is 96.8 Å². The molecule has 3 atom stereocenters. The van der Waals surface area contributed by atoms with E-state index >= 15 is 0 Å². The molecule has 0 radical (unpaired) electrons. The van der Waals surface area contributed by atoms with Crippen LogP contribution >= 0.6 is 0 Å². The van der Waals surface area contributed by atoms with E-state index in [0.717, 1.165) is 16.8 Å². The van der Waals surface area contributed by atoms with Crippen LogP contribution in [0.5, 0.6) is 0 Å². The second kappa shape index (κ2) is 9.47. The van der Waals surface area contributed by atoms with Gasteiger partial charge in [-0.3, -0.25) is 18.9 Å². The van der Waals surface area contributed by atoms with Crippen LogP contribution in [0.4, 0.5) is 5.69 Å². The average Bonchev–Trinajstić information content (AvgIpc) is 2.72. The van der Waals surface area contributed by atoms with Gasteiger partial charge >= 0.3 is 5.97 Å². The zero-order chi connectivity index (χ0) is 21.0. The summed E-state index contributed by atoms with van der Waals surface area (Å²) in [5.41, 5.74) is 3.21. The van der Waals surface area contributed by atoms with Crippen molar-refractivity contribution in [3.05, 3.63) is 48.8 Å². The largest absolute Gasteiger partial charge is 0.771 e. The molecule has 3 unspecified atom stereocenters. The van der Waals surface area contributed by atoms with Gasteiger partial charge in [0.05, 0.1) is 11.3 Å². The smallest absolute Gasteiger partial charge is 0.309 e. The molecule has 29 heavy (non-hydrogen) atoms. The van der Waals surface area contributed by atoms with E-state index in [1.807, 2.05) is 30.5 Å². The van der Waals surface area contributed by atoms with Gasteiger partial charge in [-0.1, -0.05) is 32.0 Å². The summed E-state index contributed by atoms with van der Waals surface area (Å²) in [5, 5.41) is 8.52. The fraction of sp³-hybridized carbons (Fsp3) is 0.429. The number of aromatic nitrogens is 1. The fourth-order valence-electron chi connectivity index (χ4n) is 3.84. The zero-order valence-electron chi connectivity index (χ0n) is 16.6. The highest BCUT2D eigenvalue weighted by Crippen LogP contribution is 2.27. The molecule has 1 N–H and O–H groups in total. The molecule has 2 aromatic rings. The van der Waals surface area contributed by atoms with E-state index in [1.54, 1.807) is 24.9 Å². The number of piperazine rings is 1. The molecule has 2 heterocycles. The first-order chi connectivity index (χ1) is 13.9. The Balaban J connectivity index is 1.68. The Morgan fingerprint density at radius 2 is 1.76 bits per heavy atom. The van der Waals surface area contributed by atoms with Crippen molar-refractivity contribution in [1.82, 2.24) is 9.88 Å². The molecule has 7 nitrogen and oxygen atoms in total. The zero-order valence-corrected chi connectivity index (χ0v) is 17.4. The first-order valence-electron chi connectivity index (χ1n) is 9.69. The van der Waals surface area contributed by atoms with Crippen molar-refractivity contribution in [1.29, 1.82) is 0 Å². The van der Waals surface area contributed by atoms with Crippen LogP contribution in [0.25, 0.3) is 11.1 Å². The summed E-state index contributed by atoms with van der Waals surface area (Å²) >= 11 is -2.48. The number of anilines is 1. The lowest BCUT2D eigenvalue weighted by Gasteiger charge is -2.43. The second-order valence-electron chi connectivity index (χ2n) is 7.57. The normalized spacial score (nSPS) is 18.4. The fourth-order valence-corrected chi connectivity index (χ4v) is 4.96. The lowest BCUT2D eigenvalue weighted by atomic mass is 9.94. The van der Waals surface area contributed by atoms with E-state index in [1.165, 1.54) is 0 Å². The maximum absolute atomic E-state index is 11.8. The molecular weight excluding hydrogens is 390 g/mol. The van der Waals surface area contributed by atoms with Gasteiger partial charge < -0.3 is 14.6 Å². The van der Waals surface area contributed by atoms with Gasteiger partial charge in [0.25, 0.3) is 0 Å². The third kappa shape index (κ3) is 5.01. The third-order valence-electron chi connectivity index (χ3n) is 5.41. The summed E-state index contributed by atoms with van der Waals surface area (Å²) in [6.45, 7) is 5.78. The van der Waals surface area contributed by atoms with Crippen molar-refractivity contribution in [2.75, 3.05) is 31.1 Å². The summed E-state index contributed by atoms with van der Waals surface area (Å²) < 4.78 is 23.7.